The molecular formula is C16H14F4N4O3. The van der Waals surface area contributed by atoms with Crippen LogP contribution in [0.1, 0.15) is 35.4 Å². The number of benzene rings is 1. The molecule has 1 heterocycles. The first-order chi connectivity index (χ1) is 12.7. The van der Waals surface area contributed by atoms with Gasteiger partial charge in [-0.25, -0.2) is 9.07 Å². The molecule has 144 valence electrons. The second kappa shape index (κ2) is 6.97. The summed E-state index contributed by atoms with van der Waals surface area (Å²) in [5.74, 6) is -3.55. The quantitative estimate of drug-likeness (QED) is 0.787. The molecule has 1 aliphatic carbocycles. The molecule has 2 aromatic rings. The molecule has 3 rings (SSSR count). The van der Waals surface area contributed by atoms with E-state index in [-0.39, 0.29) is 12.1 Å². The smallest absolute Gasteiger partial charge is 0.435 e. The van der Waals surface area contributed by atoms with Gasteiger partial charge in [-0.1, -0.05) is 11.3 Å². The molecule has 1 aliphatic rings. The molecule has 1 saturated carbocycles. The molecule has 2 atom stereocenters. The van der Waals surface area contributed by atoms with Crippen LogP contribution in [-0.4, -0.2) is 38.0 Å². The zero-order valence-electron chi connectivity index (χ0n) is 13.7. The number of amides is 1. The van der Waals surface area contributed by atoms with E-state index < -0.39 is 47.2 Å². The van der Waals surface area contributed by atoms with Crippen LogP contribution >= 0.6 is 0 Å². The number of carboxylic acid groups (broad SMARTS) is 1. The molecule has 2 N–H and O–H groups in total. The first-order valence-electron chi connectivity index (χ1n) is 7.99. The van der Waals surface area contributed by atoms with Crippen molar-refractivity contribution in [3.8, 4) is 5.69 Å². The van der Waals surface area contributed by atoms with Crippen LogP contribution in [0.15, 0.2) is 24.3 Å². The Balaban J connectivity index is 1.90. The van der Waals surface area contributed by atoms with Gasteiger partial charge >= 0.3 is 12.1 Å². The summed E-state index contributed by atoms with van der Waals surface area (Å²) < 4.78 is 54.3. The van der Waals surface area contributed by atoms with E-state index in [0.717, 1.165) is 12.1 Å². The van der Waals surface area contributed by atoms with Crippen LogP contribution in [0.25, 0.3) is 5.69 Å². The summed E-state index contributed by atoms with van der Waals surface area (Å²) in [6.07, 6.45) is -4.19. The number of hydrogen-bond donors (Lipinski definition) is 2. The molecule has 0 saturated heterocycles. The lowest BCUT2D eigenvalue weighted by molar-refractivity contribution is -0.143. The first-order valence-corrected chi connectivity index (χ1v) is 7.99. The number of nitrogens with zero attached hydrogens (tertiary/aromatic N) is 3. The Morgan fingerprint density at radius 1 is 1.26 bits per heavy atom. The van der Waals surface area contributed by atoms with Crippen molar-refractivity contribution in [2.45, 2.75) is 31.5 Å². The Kier molecular flexibility index (Phi) is 4.85. The summed E-state index contributed by atoms with van der Waals surface area (Å²) >= 11 is 0. The molecule has 1 aromatic carbocycles. The van der Waals surface area contributed by atoms with Crippen LogP contribution in [0.5, 0.6) is 0 Å². The number of halogens is 4. The van der Waals surface area contributed by atoms with E-state index >= 15 is 0 Å². The Morgan fingerprint density at radius 2 is 2.00 bits per heavy atom. The van der Waals surface area contributed by atoms with E-state index in [4.69, 9.17) is 5.11 Å². The monoisotopic (exact) mass is 386 g/mol. The van der Waals surface area contributed by atoms with Crippen LogP contribution in [-0.2, 0) is 11.0 Å². The Morgan fingerprint density at radius 3 is 2.59 bits per heavy atom. The van der Waals surface area contributed by atoms with Gasteiger partial charge in [-0.3, -0.25) is 9.59 Å². The predicted molar refractivity (Wildman–Crippen MR) is 82.6 cm³/mol. The number of rotatable bonds is 4. The van der Waals surface area contributed by atoms with Gasteiger partial charge in [-0.2, -0.15) is 13.2 Å². The van der Waals surface area contributed by atoms with Gasteiger partial charge in [0.2, 0.25) is 0 Å². The number of aliphatic carboxylic acids is 1. The number of carboxylic acids is 1. The lowest BCUT2D eigenvalue weighted by atomic mass is 10.1. The van der Waals surface area contributed by atoms with Gasteiger partial charge in [0.05, 0.1) is 11.6 Å². The fourth-order valence-electron chi connectivity index (χ4n) is 3.07. The average Bonchev–Trinajstić information content (AvgIpc) is 3.21. The Labute approximate surface area is 150 Å². The second-order valence-corrected chi connectivity index (χ2v) is 6.19. The van der Waals surface area contributed by atoms with E-state index in [1.807, 2.05) is 0 Å². The van der Waals surface area contributed by atoms with E-state index in [0.29, 0.717) is 17.5 Å². The molecular weight excluding hydrogens is 372 g/mol. The minimum Gasteiger partial charge on any atom is -0.481 e. The molecule has 1 fully saturated rings. The summed E-state index contributed by atoms with van der Waals surface area (Å²) in [4.78, 5) is 23.3. The van der Waals surface area contributed by atoms with Crippen molar-refractivity contribution in [1.82, 2.24) is 20.3 Å². The van der Waals surface area contributed by atoms with E-state index in [1.54, 1.807) is 0 Å². The third kappa shape index (κ3) is 3.91. The largest absolute Gasteiger partial charge is 0.481 e. The molecule has 0 spiro atoms. The van der Waals surface area contributed by atoms with Crippen molar-refractivity contribution in [3.05, 3.63) is 41.5 Å². The van der Waals surface area contributed by atoms with Gasteiger partial charge in [0.15, 0.2) is 11.4 Å². The van der Waals surface area contributed by atoms with Gasteiger partial charge in [0, 0.05) is 6.04 Å². The topological polar surface area (TPSA) is 97.1 Å². The SMILES string of the molecule is O=C(N[C@H]1CC[C@@H](C(=O)O)C1)c1nnn(-c2cccc(F)c2)c1C(F)(F)F. The molecule has 0 bridgehead atoms. The number of hydrogen-bond acceptors (Lipinski definition) is 4. The fourth-order valence-corrected chi connectivity index (χ4v) is 3.07. The number of alkyl halides is 3. The maximum absolute atomic E-state index is 13.5. The van der Waals surface area contributed by atoms with Gasteiger partial charge in [0.1, 0.15) is 5.82 Å². The summed E-state index contributed by atoms with van der Waals surface area (Å²) in [6.45, 7) is 0. The minimum absolute atomic E-state index is 0.125. The third-order valence-electron chi connectivity index (χ3n) is 4.32. The number of nitrogens with one attached hydrogen (secondary N) is 1. The normalized spacial score (nSPS) is 19.9. The van der Waals surface area contributed by atoms with E-state index in [1.165, 1.54) is 12.1 Å². The van der Waals surface area contributed by atoms with Crippen molar-refractivity contribution in [2.75, 3.05) is 0 Å². The van der Waals surface area contributed by atoms with Gasteiger partial charge < -0.3 is 10.4 Å². The fraction of sp³-hybridized carbons (Fsp3) is 0.375. The molecule has 11 heteroatoms. The highest BCUT2D eigenvalue weighted by atomic mass is 19.4. The van der Waals surface area contributed by atoms with E-state index in [9.17, 15) is 27.2 Å². The summed E-state index contributed by atoms with van der Waals surface area (Å²) in [5.41, 5.74) is -2.62. The third-order valence-corrected chi connectivity index (χ3v) is 4.32. The van der Waals surface area contributed by atoms with Crippen LogP contribution in [0.4, 0.5) is 17.6 Å². The molecule has 27 heavy (non-hydrogen) atoms. The highest BCUT2D eigenvalue weighted by Gasteiger charge is 2.42. The Hall–Kier alpha value is -2.98. The minimum atomic E-state index is -4.97. The number of carbonyl (C=O) groups excluding carboxylic acids is 1. The lowest BCUT2D eigenvalue weighted by Crippen LogP contribution is -2.35. The highest BCUT2D eigenvalue weighted by Crippen LogP contribution is 2.33. The van der Waals surface area contributed by atoms with Crippen LogP contribution in [0.2, 0.25) is 0 Å². The molecule has 1 amide bonds. The predicted octanol–water partition coefficient (Wildman–Crippen LogP) is 2.41. The summed E-state index contributed by atoms with van der Waals surface area (Å²) in [5, 5.41) is 18.0. The second-order valence-electron chi connectivity index (χ2n) is 6.19. The molecule has 0 unspecified atom stereocenters. The molecule has 0 aliphatic heterocycles. The van der Waals surface area contributed by atoms with Crippen LogP contribution < -0.4 is 5.32 Å². The maximum atomic E-state index is 13.5. The Bertz CT molecular complexity index is 881. The summed E-state index contributed by atoms with van der Waals surface area (Å²) in [6, 6.07) is 3.72. The van der Waals surface area contributed by atoms with Gasteiger partial charge in [-0.05, 0) is 37.5 Å². The van der Waals surface area contributed by atoms with E-state index in [2.05, 4.69) is 15.6 Å². The lowest BCUT2D eigenvalue weighted by Gasteiger charge is -2.14. The van der Waals surface area contributed by atoms with Crippen molar-refractivity contribution < 1.29 is 32.3 Å². The van der Waals surface area contributed by atoms with Gasteiger partial charge in [0.25, 0.3) is 5.91 Å². The molecule has 7 nitrogen and oxygen atoms in total. The average molecular weight is 386 g/mol. The number of aromatic nitrogens is 3. The molecule has 1 aromatic heterocycles. The number of carbonyl (C=O) groups is 2. The van der Waals surface area contributed by atoms with Crippen LogP contribution in [0.3, 0.4) is 0 Å². The van der Waals surface area contributed by atoms with Crippen molar-refractivity contribution in [3.63, 3.8) is 0 Å². The zero-order chi connectivity index (χ0) is 19.8. The van der Waals surface area contributed by atoms with Crippen LogP contribution in [0, 0.1) is 11.7 Å². The first kappa shape index (κ1) is 18.8. The van der Waals surface area contributed by atoms with Crippen molar-refractivity contribution >= 4 is 11.9 Å². The standard InChI is InChI=1S/C16H14F4N4O3/c17-9-2-1-3-11(7-9)24-13(16(18,19)20)12(22-23-24)14(25)21-10-5-4-8(6-10)15(26)27/h1-3,7-8,10H,4-6H2,(H,21,25)(H,26,27)/t8-,10+/m1/s1. The highest BCUT2D eigenvalue weighted by molar-refractivity contribution is 5.93. The van der Waals surface area contributed by atoms with Crippen molar-refractivity contribution in [2.24, 2.45) is 5.92 Å². The molecule has 0 radical (unpaired) electrons. The zero-order valence-corrected chi connectivity index (χ0v) is 13.7. The summed E-state index contributed by atoms with van der Waals surface area (Å²) in [7, 11) is 0. The maximum Gasteiger partial charge on any atom is 0.435 e. The van der Waals surface area contributed by atoms with Gasteiger partial charge in [-0.15, -0.1) is 5.10 Å². The van der Waals surface area contributed by atoms with Crippen molar-refractivity contribution in [1.29, 1.82) is 0 Å².